The number of rotatable bonds is 21. The van der Waals surface area contributed by atoms with Gasteiger partial charge in [-0.15, -0.1) is 0 Å². The Hall–Kier alpha value is -3.12. The van der Waals surface area contributed by atoms with Crippen LogP contribution in [0, 0.1) is 0 Å². The van der Waals surface area contributed by atoms with Crippen molar-refractivity contribution < 1.29 is 24.0 Å². The third-order valence-electron chi connectivity index (χ3n) is 5.13. The van der Waals surface area contributed by atoms with Gasteiger partial charge in [-0.2, -0.15) is 0 Å². The zero-order valence-electron chi connectivity index (χ0n) is 20.0. The molecule has 0 saturated heterocycles. The van der Waals surface area contributed by atoms with Crippen LogP contribution < -0.4 is 16.0 Å². The molecule has 0 aromatic heterocycles. The minimum Gasteiger partial charge on any atom is -0.338 e. The molecular formula is C23H38N6O5. The Bertz CT molecular complexity index is 698. The summed E-state index contributed by atoms with van der Waals surface area (Å²) in [4.78, 5) is 64.9. The van der Waals surface area contributed by atoms with E-state index in [1.54, 1.807) is 0 Å². The van der Waals surface area contributed by atoms with E-state index in [4.69, 9.17) is 0 Å². The molecule has 4 amide bonds. The lowest BCUT2D eigenvalue weighted by Crippen LogP contribution is -2.48. The number of isocyanates is 3. The number of unbranched alkanes of at least 4 members (excludes halogenated alkanes) is 8. The van der Waals surface area contributed by atoms with Crippen molar-refractivity contribution in [3.05, 3.63) is 0 Å². The van der Waals surface area contributed by atoms with Gasteiger partial charge in [0.15, 0.2) is 0 Å². The predicted molar refractivity (Wildman–Crippen MR) is 128 cm³/mol. The summed E-state index contributed by atoms with van der Waals surface area (Å²) in [5, 5.41) is 7.85. The zero-order chi connectivity index (χ0) is 25.1. The van der Waals surface area contributed by atoms with Gasteiger partial charge in [0.05, 0.1) is 19.6 Å². The number of urea groups is 2. The number of aliphatic imine (C=N–C) groups is 3. The summed E-state index contributed by atoms with van der Waals surface area (Å²) in [5.74, 6) is 0. The van der Waals surface area contributed by atoms with Crippen molar-refractivity contribution in [3.8, 4) is 0 Å². The summed E-state index contributed by atoms with van der Waals surface area (Å²) >= 11 is 0. The Balaban J connectivity index is 4.21. The molecule has 11 nitrogen and oxygen atoms in total. The molecule has 0 fully saturated rings. The number of hydrogen-bond donors (Lipinski definition) is 3. The fourth-order valence-electron chi connectivity index (χ4n) is 3.36. The first kappa shape index (κ1) is 30.9. The monoisotopic (exact) mass is 478 g/mol. The van der Waals surface area contributed by atoms with E-state index < -0.39 is 12.1 Å². The van der Waals surface area contributed by atoms with Crippen molar-refractivity contribution in [1.29, 1.82) is 0 Å². The molecule has 0 saturated carbocycles. The van der Waals surface area contributed by atoms with Crippen LogP contribution in [0.5, 0.6) is 0 Å². The molecule has 1 atom stereocenters. The third-order valence-corrected chi connectivity index (χ3v) is 5.13. The molecule has 0 aliphatic rings. The molecular weight excluding hydrogens is 440 g/mol. The molecule has 0 aromatic carbocycles. The van der Waals surface area contributed by atoms with Gasteiger partial charge in [-0.05, 0) is 38.5 Å². The second-order valence-corrected chi connectivity index (χ2v) is 7.94. The van der Waals surface area contributed by atoms with Crippen LogP contribution in [0.2, 0.25) is 0 Å². The van der Waals surface area contributed by atoms with Gasteiger partial charge in [-0.1, -0.05) is 44.9 Å². The van der Waals surface area contributed by atoms with E-state index in [1.807, 2.05) is 0 Å². The summed E-state index contributed by atoms with van der Waals surface area (Å²) < 4.78 is 0. The van der Waals surface area contributed by atoms with Crippen molar-refractivity contribution in [3.63, 3.8) is 0 Å². The fraction of sp³-hybridized carbons (Fsp3) is 0.783. The molecule has 34 heavy (non-hydrogen) atoms. The third kappa shape index (κ3) is 22.1. The zero-order valence-corrected chi connectivity index (χ0v) is 20.0. The minimum atomic E-state index is -0.538. The highest BCUT2D eigenvalue weighted by atomic mass is 16.2. The van der Waals surface area contributed by atoms with Gasteiger partial charge >= 0.3 is 12.1 Å². The van der Waals surface area contributed by atoms with E-state index in [0.717, 1.165) is 83.5 Å². The average Bonchev–Trinajstić information content (AvgIpc) is 2.82. The molecule has 0 radical (unpaired) electrons. The number of amides is 4. The first-order valence-electron chi connectivity index (χ1n) is 12.1. The molecule has 0 bridgehead atoms. The Labute approximate surface area is 201 Å². The van der Waals surface area contributed by atoms with Gasteiger partial charge in [0.1, 0.15) is 0 Å². The number of carbonyl (C=O) groups excluding carboxylic acids is 5. The van der Waals surface area contributed by atoms with Crippen LogP contribution in [0.1, 0.15) is 83.5 Å². The first-order chi connectivity index (χ1) is 16.6. The van der Waals surface area contributed by atoms with Crippen LogP contribution in [-0.2, 0) is 14.4 Å². The number of nitrogens with zero attached hydrogens (tertiary/aromatic N) is 3. The SMILES string of the molecule is O=C=NCCCCCCNC(=O)NC(=O)NC(CCCCCCN=C=O)CCCCCN=C=O. The second kappa shape index (κ2) is 24.5. The Kier molecular flexibility index (Phi) is 22.3. The van der Waals surface area contributed by atoms with Crippen molar-refractivity contribution in [2.75, 3.05) is 26.2 Å². The number of imide groups is 1. The van der Waals surface area contributed by atoms with Gasteiger partial charge in [0.25, 0.3) is 0 Å². The topological polar surface area (TPSA) is 159 Å². The van der Waals surface area contributed by atoms with Crippen molar-refractivity contribution in [2.24, 2.45) is 15.0 Å². The van der Waals surface area contributed by atoms with Crippen molar-refractivity contribution in [1.82, 2.24) is 16.0 Å². The lowest BCUT2D eigenvalue weighted by Gasteiger charge is -2.19. The Morgan fingerprint density at radius 3 is 1.53 bits per heavy atom. The van der Waals surface area contributed by atoms with Gasteiger partial charge in [0.2, 0.25) is 18.2 Å². The molecule has 0 aliphatic heterocycles. The lowest BCUT2D eigenvalue weighted by molar-refractivity contribution is 0.223. The normalized spacial score (nSPS) is 10.7. The smallest absolute Gasteiger partial charge is 0.323 e. The maximum absolute atomic E-state index is 12.2. The predicted octanol–water partition coefficient (Wildman–Crippen LogP) is 3.44. The van der Waals surface area contributed by atoms with Gasteiger partial charge < -0.3 is 10.6 Å². The van der Waals surface area contributed by atoms with E-state index in [2.05, 4.69) is 30.9 Å². The molecule has 11 heteroatoms. The van der Waals surface area contributed by atoms with Crippen molar-refractivity contribution in [2.45, 2.75) is 89.5 Å². The maximum Gasteiger partial charge on any atom is 0.323 e. The summed E-state index contributed by atoms with van der Waals surface area (Å²) in [6.07, 6.45) is 15.7. The highest BCUT2D eigenvalue weighted by Crippen LogP contribution is 2.12. The summed E-state index contributed by atoms with van der Waals surface area (Å²) in [6.45, 7) is 1.87. The molecule has 3 N–H and O–H groups in total. The molecule has 0 aliphatic carbocycles. The average molecular weight is 479 g/mol. The molecule has 0 heterocycles. The van der Waals surface area contributed by atoms with Crippen LogP contribution >= 0.6 is 0 Å². The van der Waals surface area contributed by atoms with Crippen molar-refractivity contribution >= 4 is 30.3 Å². The highest BCUT2D eigenvalue weighted by Gasteiger charge is 2.14. The molecule has 0 aromatic rings. The van der Waals surface area contributed by atoms with Crippen LogP contribution in [0.15, 0.2) is 15.0 Å². The van der Waals surface area contributed by atoms with Gasteiger partial charge in [-0.3, -0.25) is 5.32 Å². The van der Waals surface area contributed by atoms with Crippen LogP contribution in [0.3, 0.4) is 0 Å². The van der Waals surface area contributed by atoms with Crippen LogP contribution in [0.25, 0.3) is 0 Å². The van der Waals surface area contributed by atoms with Gasteiger partial charge in [0, 0.05) is 12.6 Å². The standard InChI is InChI=1S/C23H38N6O5/c30-18-24-14-8-2-1-6-12-21(13-7-5-10-16-26-20-32)28-23(34)29-22(33)27-17-11-4-3-9-15-25-19-31/h21H,1-17H2,(H3,27,28,29,33,34). The summed E-state index contributed by atoms with van der Waals surface area (Å²) in [7, 11) is 0. The molecule has 190 valence electrons. The van der Waals surface area contributed by atoms with E-state index in [1.165, 1.54) is 18.2 Å². The molecule has 1 unspecified atom stereocenters. The summed E-state index contributed by atoms with van der Waals surface area (Å²) in [6, 6.07) is -1.13. The molecule has 0 rings (SSSR count). The number of nitrogens with one attached hydrogen (secondary N) is 3. The van der Waals surface area contributed by atoms with E-state index in [9.17, 15) is 24.0 Å². The quantitative estimate of drug-likeness (QED) is 0.131. The molecule has 0 spiro atoms. The van der Waals surface area contributed by atoms with Crippen LogP contribution in [0.4, 0.5) is 9.59 Å². The highest BCUT2D eigenvalue weighted by molar-refractivity contribution is 5.93. The first-order valence-corrected chi connectivity index (χ1v) is 12.1. The largest absolute Gasteiger partial charge is 0.338 e. The fourth-order valence-corrected chi connectivity index (χ4v) is 3.36. The van der Waals surface area contributed by atoms with E-state index in [-0.39, 0.29) is 6.04 Å². The second-order valence-electron chi connectivity index (χ2n) is 7.94. The number of hydrogen-bond acceptors (Lipinski definition) is 8. The summed E-state index contributed by atoms with van der Waals surface area (Å²) in [5.41, 5.74) is 0. The van der Waals surface area contributed by atoms with E-state index >= 15 is 0 Å². The Morgan fingerprint density at radius 1 is 0.588 bits per heavy atom. The maximum atomic E-state index is 12.2. The minimum absolute atomic E-state index is 0.0654. The lowest BCUT2D eigenvalue weighted by atomic mass is 10.0. The van der Waals surface area contributed by atoms with Crippen LogP contribution in [-0.4, -0.2) is 62.5 Å². The Morgan fingerprint density at radius 2 is 1.03 bits per heavy atom. The van der Waals surface area contributed by atoms with E-state index in [0.29, 0.717) is 26.2 Å². The van der Waals surface area contributed by atoms with Gasteiger partial charge in [-0.25, -0.2) is 38.9 Å². The number of carbonyl (C=O) groups is 2.